The van der Waals surface area contributed by atoms with Gasteiger partial charge in [-0.2, -0.15) is 0 Å². The lowest BCUT2D eigenvalue weighted by molar-refractivity contribution is -0.133. The van der Waals surface area contributed by atoms with Gasteiger partial charge in [-0.25, -0.2) is 0 Å². The summed E-state index contributed by atoms with van der Waals surface area (Å²) in [5.41, 5.74) is 2.41. The summed E-state index contributed by atoms with van der Waals surface area (Å²) in [7, 11) is 1.91. The van der Waals surface area contributed by atoms with Crippen molar-refractivity contribution in [1.29, 1.82) is 0 Å². The first-order chi connectivity index (χ1) is 13.6. The van der Waals surface area contributed by atoms with Gasteiger partial charge in [0.25, 0.3) is 0 Å². The van der Waals surface area contributed by atoms with Gasteiger partial charge in [0, 0.05) is 39.8 Å². The first-order valence-electron chi connectivity index (χ1n) is 10.1. The lowest BCUT2D eigenvalue weighted by Crippen LogP contribution is -2.49. The molecule has 1 aliphatic heterocycles. The molecule has 4 heteroatoms. The number of nitrogens with zero attached hydrogens (tertiary/aromatic N) is 3. The second-order valence-corrected chi connectivity index (χ2v) is 7.48. The van der Waals surface area contributed by atoms with Gasteiger partial charge in [0.05, 0.1) is 12.6 Å². The quantitative estimate of drug-likeness (QED) is 0.738. The molecule has 0 radical (unpaired) electrons. The van der Waals surface area contributed by atoms with Crippen LogP contribution in [0.25, 0.3) is 6.08 Å². The van der Waals surface area contributed by atoms with Crippen LogP contribution in [-0.4, -0.2) is 66.9 Å². The van der Waals surface area contributed by atoms with E-state index in [1.807, 2.05) is 36.2 Å². The molecule has 28 heavy (non-hydrogen) atoms. The zero-order valence-corrected chi connectivity index (χ0v) is 17.0. The summed E-state index contributed by atoms with van der Waals surface area (Å²) in [4.78, 5) is 19.3. The Morgan fingerprint density at radius 2 is 1.54 bits per heavy atom. The Bertz CT molecular complexity index is 752. The maximum Gasteiger partial charge on any atom is 0.236 e. The predicted molar refractivity (Wildman–Crippen MR) is 116 cm³/mol. The summed E-state index contributed by atoms with van der Waals surface area (Å²) >= 11 is 0. The standard InChI is InChI=1S/C24H31N3O/c1-21(23-13-7-4-8-14-23)25(2)24(28)20-27-18-16-26(17-19-27)15-9-12-22-10-5-3-6-11-22/h3-14,21H,15-20H2,1-2H3/b12-9+/t21-/m0/s1. The van der Waals surface area contributed by atoms with Crippen LogP contribution < -0.4 is 0 Å². The number of carbonyl (C=O) groups excluding carboxylic acids is 1. The number of hydrogen-bond acceptors (Lipinski definition) is 3. The molecule has 2 aromatic carbocycles. The van der Waals surface area contributed by atoms with Gasteiger partial charge in [0.15, 0.2) is 0 Å². The van der Waals surface area contributed by atoms with Crippen LogP contribution in [-0.2, 0) is 4.79 Å². The Morgan fingerprint density at radius 1 is 0.964 bits per heavy atom. The molecule has 1 saturated heterocycles. The topological polar surface area (TPSA) is 26.8 Å². The van der Waals surface area contributed by atoms with E-state index in [1.165, 1.54) is 11.1 Å². The predicted octanol–water partition coefficient (Wildman–Crippen LogP) is 3.54. The van der Waals surface area contributed by atoms with Crippen LogP contribution in [0.4, 0.5) is 0 Å². The van der Waals surface area contributed by atoms with Gasteiger partial charge >= 0.3 is 0 Å². The smallest absolute Gasteiger partial charge is 0.236 e. The molecule has 0 spiro atoms. The van der Waals surface area contributed by atoms with E-state index in [-0.39, 0.29) is 11.9 Å². The minimum absolute atomic E-state index is 0.0955. The summed E-state index contributed by atoms with van der Waals surface area (Å²) < 4.78 is 0. The van der Waals surface area contributed by atoms with Crippen molar-refractivity contribution in [2.75, 3.05) is 46.3 Å². The highest BCUT2D eigenvalue weighted by atomic mass is 16.2. The normalized spacial score (nSPS) is 16.9. The molecule has 0 bridgehead atoms. The maximum atomic E-state index is 12.7. The number of hydrogen-bond donors (Lipinski definition) is 0. The molecule has 4 nitrogen and oxygen atoms in total. The Balaban J connectivity index is 1.41. The van der Waals surface area contributed by atoms with Crippen LogP contribution in [0.3, 0.4) is 0 Å². The van der Waals surface area contributed by atoms with Gasteiger partial charge in [-0.05, 0) is 18.1 Å². The van der Waals surface area contributed by atoms with E-state index in [4.69, 9.17) is 0 Å². The first-order valence-corrected chi connectivity index (χ1v) is 10.1. The molecule has 3 rings (SSSR count). The molecule has 0 unspecified atom stereocenters. The Labute approximate surface area is 169 Å². The second kappa shape index (κ2) is 10.2. The molecule has 1 aliphatic rings. The molecular weight excluding hydrogens is 346 g/mol. The van der Waals surface area contributed by atoms with Gasteiger partial charge in [0.2, 0.25) is 5.91 Å². The van der Waals surface area contributed by atoms with Gasteiger partial charge in [-0.1, -0.05) is 72.8 Å². The van der Waals surface area contributed by atoms with Crippen LogP contribution >= 0.6 is 0 Å². The minimum Gasteiger partial charge on any atom is -0.338 e. The fourth-order valence-corrected chi connectivity index (χ4v) is 3.51. The molecule has 0 saturated carbocycles. The van der Waals surface area contributed by atoms with Crippen molar-refractivity contribution in [3.8, 4) is 0 Å². The Kier molecular flexibility index (Phi) is 7.40. The van der Waals surface area contributed by atoms with Crippen molar-refractivity contribution in [2.45, 2.75) is 13.0 Å². The maximum absolute atomic E-state index is 12.7. The highest BCUT2D eigenvalue weighted by Crippen LogP contribution is 2.18. The third kappa shape index (κ3) is 5.78. The van der Waals surface area contributed by atoms with Crippen molar-refractivity contribution in [1.82, 2.24) is 14.7 Å². The average molecular weight is 378 g/mol. The fraction of sp³-hybridized carbons (Fsp3) is 0.375. The average Bonchev–Trinajstić information content (AvgIpc) is 2.75. The number of piperazine rings is 1. The Morgan fingerprint density at radius 3 is 2.18 bits per heavy atom. The van der Waals surface area contributed by atoms with E-state index in [2.05, 4.69) is 65.3 Å². The number of likely N-dealkylation sites (N-methyl/N-ethyl adjacent to an activating group) is 1. The van der Waals surface area contributed by atoms with E-state index < -0.39 is 0 Å². The number of rotatable bonds is 7. The van der Waals surface area contributed by atoms with E-state index in [0.29, 0.717) is 6.54 Å². The van der Waals surface area contributed by atoms with Crippen molar-refractivity contribution < 1.29 is 4.79 Å². The number of carbonyl (C=O) groups is 1. The summed E-state index contributed by atoms with van der Waals surface area (Å²) in [6, 6.07) is 20.7. The van der Waals surface area contributed by atoms with E-state index >= 15 is 0 Å². The second-order valence-electron chi connectivity index (χ2n) is 7.48. The molecule has 0 aromatic heterocycles. The van der Waals surface area contributed by atoms with Crippen molar-refractivity contribution in [2.24, 2.45) is 0 Å². The lowest BCUT2D eigenvalue weighted by atomic mass is 10.1. The monoisotopic (exact) mass is 377 g/mol. The van der Waals surface area contributed by atoms with Gasteiger partial charge in [-0.15, -0.1) is 0 Å². The van der Waals surface area contributed by atoms with Crippen LogP contribution in [0, 0.1) is 0 Å². The first kappa shape index (κ1) is 20.3. The minimum atomic E-state index is 0.0955. The van der Waals surface area contributed by atoms with Crippen molar-refractivity contribution in [3.05, 3.63) is 77.9 Å². The molecule has 1 amide bonds. The molecule has 148 valence electrons. The van der Waals surface area contributed by atoms with Gasteiger partial charge in [0.1, 0.15) is 0 Å². The van der Waals surface area contributed by atoms with Crippen molar-refractivity contribution in [3.63, 3.8) is 0 Å². The highest BCUT2D eigenvalue weighted by molar-refractivity contribution is 5.78. The van der Waals surface area contributed by atoms with E-state index in [1.54, 1.807) is 0 Å². The Hall–Kier alpha value is -2.43. The summed E-state index contributed by atoms with van der Waals surface area (Å²) in [6.07, 6.45) is 4.40. The van der Waals surface area contributed by atoms with Crippen LogP contribution in [0.1, 0.15) is 24.1 Å². The molecule has 1 fully saturated rings. The van der Waals surface area contributed by atoms with E-state index in [0.717, 1.165) is 32.7 Å². The molecule has 1 heterocycles. The SMILES string of the molecule is C[C@@H](c1ccccc1)N(C)C(=O)CN1CCN(C/C=C/c2ccccc2)CC1. The molecule has 0 N–H and O–H groups in total. The van der Waals surface area contributed by atoms with Crippen LogP contribution in [0.5, 0.6) is 0 Å². The number of amides is 1. The fourth-order valence-electron chi connectivity index (χ4n) is 3.51. The zero-order valence-electron chi connectivity index (χ0n) is 17.0. The largest absolute Gasteiger partial charge is 0.338 e. The van der Waals surface area contributed by atoms with Gasteiger partial charge < -0.3 is 4.90 Å². The van der Waals surface area contributed by atoms with Crippen LogP contribution in [0.15, 0.2) is 66.7 Å². The zero-order chi connectivity index (χ0) is 19.8. The summed E-state index contributed by atoms with van der Waals surface area (Å²) in [5, 5.41) is 0. The van der Waals surface area contributed by atoms with E-state index in [9.17, 15) is 4.79 Å². The highest BCUT2D eigenvalue weighted by Gasteiger charge is 2.22. The lowest BCUT2D eigenvalue weighted by Gasteiger charge is -2.35. The van der Waals surface area contributed by atoms with Gasteiger partial charge in [-0.3, -0.25) is 14.6 Å². The third-order valence-electron chi connectivity index (χ3n) is 5.55. The van der Waals surface area contributed by atoms with Crippen LogP contribution in [0.2, 0.25) is 0 Å². The summed E-state index contributed by atoms with van der Waals surface area (Å²) in [5.74, 6) is 0.189. The third-order valence-corrected chi connectivity index (χ3v) is 5.55. The molecule has 0 aliphatic carbocycles. The van der Waals surface area contributed by atoms with Crippen molar-refractivity contribution >= 4 is 12.0 Å². The molecule has 2 aromatic rings. The number of benzene rings is 2. The summed E-state index contributed by atoms with van der Waals surface area (Å²) in [6.45, 7) is 7.44. The molecule has 1 atom stereocenters. The molecular formula is C24H31N3O.